The summed E-state index contributed by atoms with van der Waals surface area (Å²) in [5, 5.41) is 5.04. The first-order chi connectivity index (χ1) is 8.78. The van der Waals surface area contributed by atoms with Crippen molar-refractivity contribution in [1.29, 1.82) is 0 Å². The smallest absolute Gasteiger partial charge is 0.171 e. The first-order valence-electron chi connectivity index (χ1n) is 5.57. The van der Waals surface area contributed by atoms with Gasteiger partial charge in [-0.2, -0.15) is 0 Å². The van der Waals surface area contributed by atoms with Crippen molar-refractivity contribution < 1.29 is 9.26 Å². The molecule has 0 unspecified atom stereocenters. The highest BCUT2D eigenvalue weighted by Gasteiger charge is 2.11. The molecule has 0 bridgehead atoms. The summed E-state index contributed by atoms with van der Waals surface area (Å²) in [4.78, 5) is 0. The molecule has 3 aromatic rings. The van der Waals surface area contributed by atoms with Gasteiger partial charge >= 0.3 is 0 Å². The van der Waals surface area contributed by atoms with Gasteiger partial charge in [-0.05, 0) is 24.3 Å². The lowest BCUT2D eigenvalue weighted by molar-refractivity contribution is 0.412. The molecule has 0 fully saturated rings. The molecule has 0 aliphatic carbocycles. The molecule has 0 spiro atoms. The van der Waals surface area contributed by atoms with E-state index >= 15 is 0 Å². The first kappa shape index (κ1) is 10.7. The van der Waals surface area contributed by atoms with E-state index in [0.717, 1.165) is 22.4 Å². The number of hydrogen-bond donors (Lipinski definition) is 1. The molecule has 18 heavy (non-hydrogen) atoms. The fourth-order valence-corrected chi connectivity index (χ4v) is 1.94. The van der Waals surface area contributed by atoms with Crippen molar-refractivity contribution in [2.75, 3.05) is 12.8 Å². The second-order valence-corrected chi connectivity index (χ2v) is 4.02. The van der Waals surface area contributed by atoms with Gasteiger partial charge in [0.15, 0.2) is 5.58 Å². The van der Waals surface area contributed by atoms with Crippen LogP contribution < -0.4 is 10.5 Å². The molecule has 0 aliphatic heterocycles. The molecule has 2 N–H and O–H groups in total. The Balaban J connectivity index is 2.18. The highest BCUT2D eigenvalue weighted by Crippen LogP contribution is 2.30. The predicted molar refractivity (Wildman–Crippen MR) is 70.4 cm³/mol. The number of anilines is 1. The Morgan fingerprint density at radius 1 is 1.17 bits per heavy atom. The van der Waals surface area contributed by atoms with Crippen molar-refractivity contribution in [2.45, 2.75) is 0 Å². The third kappa shape index (κ3) is 1.68. The molecule has 0 saturated heterocycles. The van der Waals surface area contributed by atoms with Gasteiger partial charge in [-0.15, -0.1) is 0 Å². The van der Waals surface area contributed by atoms with Crippen molar-refractivity contribution in [2.24, 2.45) is 0 Å². The number of nitrogen functional groups attached to an aromatic ring is 1. The van der Waals surface area contributed by atoms with E-state index in [2.05, 4.69) is 5.16 Å². The molecular formula is C14H12N2O2. The Kier molecular flexibility index (Phi) is 2.41. The van der Waals surface area contributed by atoms with Crippen molar-refractivity contribution in [3.63, 3.8) is 0 Å². The maximum Gasteiger partial charge on any atom is 0.171 e. The maximum absolute atomic E-state index is 5.78. The molecule has 0 amide bonds. The lowest BCUT2D eigenvalue weighted by atomic mass is 10.1. The monoisotopic (exact) mass is 240 g/mol. The average molecular weight is 240 g/mol. The number of nitrogens with two attached hydrogens (primary N) is 1. The Hall–Kier alpha value is -2.49. The van der Waals surface area contributed by atoms with Crippen molar-refractivity contribution >= 4 is 16.7 Å². The normalized spacial score (nSPS) is 10.7. The van der Waals surface area contributed by atoms with E-state index in [1.54, 1.807) is 7.11 Å². The molecule has 90 valence electrons. The Morgan fingerprint density at radius 2 is 2.06 bits per heavy atom. The summed E-state index contributed by atoms with van der Waals surface area (Å²) in [7, 11) is 1.62. The van der Waals surface area contributed by atoms with Crippen LogP contribution in [0.25, 0.3) is 22.2 Å². The molecule has 0 saturated carbocycles. The maximum atomic E-state index is 5.78. The summed E-state index contributed by atoms with van der Waals surface area (Å²) in [6.07, 6.45) is 0. The van der Waals surface area contributed by atoms with Gasteiger partial charge in [0, 0.05) is 22.7 Å². The molecule has 0 atom stereocenters. The van der Waals surface area contributed by atoms with E-state index in [1.165, 1.54) is 0 Å². The molecule has 2 aromatic carbocycles. The Bertz CT molecular complexity index is 704. The van der Waals surface area contributed by atoms with Crippen LogP contribution in [-0.4, -0.2) is 12.3 Å². The van der Waals surface area contributed by atoms with E-state index < -0.39 is 0 Å². The number of rotatable bonds is 2. The number of benzene rings is 2. The van der Waals surface area contributed by atoms with Crippen molar-refractivity contribution in [3.8, 4) is 17.0 Å². The second-order valence-electron chi connectivity index (χ2n) is 4.02. The number of aromatic nitrogens is 1. The zero-order valence-corrected chi connectivity index (χ0v) is 9.88. The summed E-state index contributed by atoms with van der Waals surface area (Å²) in [5.41, 5.74) is 8.92. The molecule has 3 rings (SSSR count). The number of hydrogen-bond acceptors (Lipinski definition) is 4. The van der Waals surface area contributed by atoms with Gasteiger partial charge in [0.1, 0.15) is 11.4 Å². The number of ether oxygens (including phenoxy) is 1. The van der Waals surface area contributed by atoms with Crippen LogP contribution in [0.1, 0.15) is 0 Å². The third-order valence-corrected chi connectivity index (χ3v) is 2.84. The van der Waals surface area contributed by atoms with Gasteiger partial charge < -0.3 is 15.0 Å². The van der Waals surface area contributed by atoms with Crippen LogP contribution in [0.4, 0.5) is 5.69 Å². The second kappa shape index (κ2) is 4.07. The zero-order valence-electron chi connectivity index (χ0n) is 9.88. The summed E-state index contributed by atoms with van der Waals surface area (Å²) in [6, 6.07) is 13.2. The van der Waals surface area contributed by atoms with E-state index in [9.17, 15) is 0 Å². The molecule has 4 heteroatoms. The fourth-order valence-electron chi connectivity index (χ4n) is 1.94. The van der Waals surface area contributed by atoms with Crippen LogP contribution in [0, 0.1) is 0 Å². The SMILES string of the molecule is COc1ccc2c(-c3cccc(N)c3)noc2c1. The molecular weight excluding hydrogens is 228 g/mol. The lowest BCUT2D eigenvalue weighted by Crippen LogP contribution is -1.85. The quantitative estimate of drug-likeness (QED) is 0.699. The van der Waals surface area contributed by atoms with Crippen LogP contribution in [0.5, 0.6) is 5.75 Å². The first-order valence-corrected chi connectivity index (χ1v) is 5.57. The topological polar surface area (TPSA) is 61.3 Å². The minimum atomic E-state index is 0.701. The number of fused-ring (bicyclic) bond motifs is 1. The van der Waals surface area contributed by atoms with Crippen LogP contribution in [0.3, 0.4) is 0 Å². The summed E-state index contributed by atoms with van der Waals surface area (Å²) >= 11 is 0. The lowest BCUT2D eigenvalue weighted by Gasteiger charge is -1.99. The number of nitrogens with zero attached hydrogens (tertiary/aromatic N) is 1. The van der Waals surface area contributed by atoms with Gasteiger partial charge in [-0.25, -0.2) is 0 Å². The third-order valence-electron chi connectivity index (χ3n) is 2.84. The van der Waals surface area contributed by atoms with E-state index in [0.29, 0.717) is 11.3 Å². The van der Waals surface area contributed by atoms with Crippen molar-refractivity contribution in [3.05, 3.63) is 42.5 Å². The highest BCUT2D eigenvalue weighted by molar-refractivity contribution is 5.92. The molecule has 1 heterocycles. The van der Waals surface area contributed by atoms with Crippen LogP contribution >= 0.6 is 0 Å². The molecule has 1 aromatic heterocycles. The Morgan fingerprint density at radius 3 is 2.83 bits per heavy atom. The summed E-state index contributed by atoms with van der Waals surface area (Å²) in [6.45, 7) is 0. The number of methoxy groups -OCH3 is 1. The van der Waals surface area contributed by atoms with Gasteiger partial charge in [0.25, 0.3) is 0 Å². The summed E-state index contributed by atoms with van der Waals surface area (Å²) < 4.78 is 10.5. The van der Waals surface area contributed by atoms with Gasteiger partial charge in [0.05, 0.1) is 7.11 Å². The molecule has 0 radical (unpaired) electrons. The van der Waals surface area contributed by atoms with Gasteiger partial charge in [-0.1, -0.05) is 17.3 Å². The summed E-state index contributed by atoms with van der Waals surface area (Å²) in [5.74, 6) is 0.748. The standard InChI is InChI=1S/C14H12N2O2/c1-17-11-5-6-12-13(8-11)18-16-14(12)9-3-2-4-10(15)7-9/h2-8H,15H2,1H3. The average Bonchev–Trinajstić information content (AvgIpc) is 2.81. The highest BCUT2D eigenvalue weighted by atomic mass is 16.5. The van der Waals surface area contributed by atoms with E-state index in [-0.39, 0.29) is 0 Å². The molecule has 0 aliphatic rings. The largest absolute Gasteiger partial charge is 0.497 e. The van der Waals surface area contributed by atoms with Gasteiger partial charge in [0.2, 0.25) is 0 Å². The predicted octanol–water partition coefficient (Wildman–Crippen LogP) is 3.09. The van der Waals surface area contributed by atoms with E-state index in [4.69, 9.17) is 15.0 Å². The van der Waals surface area contributed by atoms with Crippen LogP contribution in [0.2, 0.25) is 0 Å². The van der Waals surface area contributed by atoms with E-state index in [1.807, 2.05) is 42.5 Å². The minimum absolute atomic E-state index is 0.701. The fraction of sp³-hybridized carbons (Fsp3) is 0.0714. The van der Waals surface area contributed by atoms with Crippen LogP contribution in [-0.2, 0) is 0 Å². The zero-order chi connectivity index (χ0) is 12.5. The Labute approximate surface area is 104 Å². The van der Waals surface area contributed by atoms with Crippen molar-refractivity contribution in [1.82, 2.24) is 5.16 Å². The van der Waals surface area contributed by atoms with Gasteiger partial charge in [-0.3, -0.25) is 0 Å². The minimum Gasteiger partial charge on any atom is -0.497 e. The molecule has 4 nitrogen and oxygen atoms in total. The van der Waals surface area contributed by atoms with Crippen LogP contribution in [0.15, 0.2) is 47.0 Å².